The van der Waals surface area contributed by atoms with E-state index in [0.717, 1.165) is 70.6 Å². The van der Waals surface area contributed by atoms with Crippen LogP contribution in [0.25, 0.3) is 0 Å². The molecule has 0 aromatic rings. The summed E-state index contributed by atoms with van der Waals surface area (Å²) in [5.74, 6) is -0.851. The van der Waals surface area contributed by atoms with Crippen molar-refractivity contribution < 1.29 is 28.6 Å². The normalized spacial score (nSPS) is 12.1. The Hall–Kier alpha value is -2.11. The van der Waals surface area contributed by atoms with Crippen LogP contribution in [-0.2, 0) is 28.6 Å². The minimum atomic E-state index is -0.763. The van der Waals surface area contributed by atoms with Gasteiger partial charge in [-0.15, -0.1) is 0 Å². The molecule has 0 bridgehead atoms. The van der Waals surface area contributed by atoms with E-state index >= 15 is 0 Å². The summed E-state index contributed by atoms with van der Waals surface area (Å²) in [5, 5.41) is 0. The van der Waals surface area contributed by atoms with Gasteiger partial charge in [0.15, 0.2) is 6.10 Å². The summed E-state index contributed by atoms with van der Waals surface area (Å²) in [4.78, 5) is 38.0. The van der Waals surface area contributed by atoms with E-state index in [1.54, 1.807) is 0 Å². The number of allylic oxidation sites excluding steroid dienone is 4. The molecule has 0 radical (unpaired) electrons. The first kappa shape index (κ1) is 73.9. The lowest BCUT2D eigenvalue weighted by Gasteiger charge is -2.18. The van der Waals surface area contributed by atoms with E-state index in [-0.39, 0.29) is 31.1 Å². The molecule has 0 heterocycles. The third-order valence-electron chi connectivity index (χ3n) is 15.7. The van der Waals surface area contributed by atoms with Crippen molar-refractivity contribution in [1.82, 2.24) is 0 Å². The van der Waals surface area contributed by atoms with E-state index in [0.29, 0.717) is 19.3 Å². The molecule has 448 valence electrons. The van der Waals surface area contributed by atoms with Crippen LogP contribution in [0, 0.1) is 0 Å². The summed E-state index contributed by atoms with van der Waals surface area (Å²) in [6.45, 7) is 6.62. The number of hydrogen-bond donors (Lipinski definition) is 0. The molecule has 1 atom stereocenters. The summed E-state index contributed by atoms with van der Waals surface area (Å²) in [6, 6.07) is 0. The van der Waals surface area contributed by atoms with Crippen LogP contribution in [0.1, 0.15) is 387 Å². The number of unbranched alkanes of at least 4 members (excludes halogenated alkanes) is 49. The van der Waals surface area contributed by atoms with E-state index in [4.69, 9.17) is 14.2 Å². The molecule has 0 aromatic heterocycles. The van der Waals surface area contributed by atoms with Crippen LogP contribution in [0.2, 0.25) is 0 Å². The largest absolute Gasteiger partial charge is 0.462 e. The summed E-state index contributed by atoms with van der Waals surface area (Å²) < 4.78 is 16.8. The van der Waals surface area contributed by atoms with Gasteiger partial charge in [-0.1, -0.05) is 340 Å². The van der Waals surface area contributed by atoms with Gasteiger partial charge in [0.2, 0.25) is 0 Å². The van der Waals surface area contributed by atoms with Crippen molar-refractivity contribution in [3.05, 3.63) is 24.3 Å². The molecule has 6 heteroatoms. The van der Waals surface area contributed by atoms with Gasteiger partial charge in [0.1, 0.15) is 13.2 Å². The highest BCUT2D eigenvalue weighted by atomic mass is 16.6. The van der Waals surface area contributed by atoms with Crippen molar-refractivity contribution >= 4 is 17.9 Å². The Morgan fingerprint density at radius 3 is 0.724 bits per heavy atom. The number of carbonyl (C=O) groups excluding carboxylic acids is 3. The van der Waals surface area contributed by atoms with E-state index < -0.39 is 6.10 Å². The Bertz CT molecular complexity index is 1230. The summed E-state index contributed by atoms with van der Waals surface area (Å²) >= 11 is 0. The molecule has 76 heavy (non-hydrogen) atoms. The van der Waals surface area contributed by atoms with Crippen LogP contribution >= 0.6 is 0 Å². The average molecular weight is 1070 g/mol. The fourth-order valence-electron chi connectivity index (χ4n) is 10.5. The fraction of sp³-hybridized carbons (Fsp3) is 0.900. The molecule has 1 unspecified atom stereocenters. The fourth-order valence-corrected chi connectivity index (χ4v) is 10.5. The van der Waals surface area contributed by atoms with Crippen molar-refractivity contribution in [1.29, 1.82) is 0 Å². The Labute approximate surface area is 474 Å². The molecule has 0 saturated heterocycles. The molecular weight excluding hydrogens is 937 g/mol. The molecule has 0 N–H and O–H groups in total. The highest BCUT2D eigenvalue weighted by molar-refractivity contribution is 5.71. The Kier molecular flexibility index (Phi) is 63.6. The standard InChI is InChI=1S/C70H132O6/c1-4-7-10-13-15-17-19-21-23-25-27-29-31-32-33-34-35-36-37-38-39-41-42-44-46-48-50-52-54-57-60-63-69(72)75-66-67(65-74-68(71)62-59-56-12-9-6-3)76-70(73)64-61-58-55-53-51-49-47-45-43-40-30-28-26-24-22-20-18-16-14-11-8-5-2/h19,21,25,27,67H,4-18,20,22-24,26,28-66H2,1-3H3/b21-19-,27-25-. The van der Waals surface area contributed by atoms with Crippen LogP contribution < -0.4 is 0 Å². The summed E-state index contributed by atoms with van der Waals surface area (Å²) in [5.41, 5.74) is 0. The van der Waals surface area contributed by atoms with Crippen molar-refractivity contribution in [2.75, 3.05) is 13.2 Å². The van der Waals surface area contributed by atoms with Gasteiger partial charge >= 0.3 is 17.9 Å². The first-order valence-electron chi connectivity index (χ1n) is 34.3. The lowest BCUT2D eigenvalue weighted by molar-refractivity contribution is -0.167. The van der Waals surface area contributed by atoms with Gasteiger partial charge in [0, 0.05) is 19.3 Å². The second-order valence-electron chi connectivity index (χ2n) is 23.5. The van der Waals surface area contributed by atoms with Crippen LogP contribution in [0.5, 0.6) is 0 Å². The zero-order valence-electron chi connectivity index (χ0n) is 51.6. The maximum atomic E-state index is 12.8. The number of rotatable bonds is 64. The third kappa shape index (κ3) is 62.7. The van der Waals surface area contributed by atoms with Crippen LogP contribution in [0.4, 0.5) is 0 Å². The van der Waals surface area contributed by atoms with Crippen molar-refractivity contribution in [3.63, 3.8) is 0 Å². The van der Waals surface area contributed by atoms with Gasteiger partial charge in [-0.3, -0.25) is 14.4 Å². The molecule has 0 aliphatic carbocycles. The summed E-state index contributed by atoms with van der Waals surface area (Å²) in [6.07, 6.45) is 79.8. The second-order valence-corrected chi connectivity index (χ2v) is 23.5. The van der Waals surface area contributed by atoms with Crippen LogP contribution in [0.3, 0.4) is 0 Å². The quantitative estimate of drug-likeness (QED) is 0.0261. The van der Waals surface area contributed by atoms with Gasteiger partial charge < -0.3 is 14.2 Å². The van der Waals surface area contributed by atoms with Gasteiger partial charge in [-0.2, -0.15) is 0 Å². The highest BCUT2D eigenvalue weighted by Crippen LogP contribution is 2.19. The molecule has 0 amide bonds. The van der Waals surface area contributed by atoms with E-state index in [2.05, 4.69) is 45.1 Å². The van der Waals surface area contributed by atoms with Gasteiger partial charge in [0.05, 0.1) is 0 Å². The average Bonchev–Trinajstić information content (AvgIpc) is 3.42. The van der Waals surface area contributed by atoms with E-state index in [9.17, 15) is 14.4 Å². The topological polar surface area (TPSA) is 78.9 Å². The lowest BCUT2D eigenvalue weighted by Crippen LogP contribution is -2.30. The Morgan fingerprint density at radius 1 is 0.263 bits per heavy atom. The van der Waals surface area contributed by atoms with Crippen molar-refractivity contribution in [2.24, 2.45) is 0 Å². The van der Waals surface area contributed by atoms with Gasteiger partial charge in [0.25, 0.3) is 0 Å². The number of hydrogen-bond acceptors (Lipinski definition) is 6. The molecule has 0 saturated carbocycles. The van der Waals surface area contributed by atoms with Crippen molar-refractivity contribution in [3.8, 4) is 0 Å². The predicted molar refractivity (Wildman–Crippen MR) is 330 cm³/mol. The van der Waals surface area contributed by atoms with E-state index in [1.807, 2.05) is 0 Å². The lowest BCUT2D eigenvalue weighted by atomic mass is 10.0. The zero-order chi connectivity index (χ0) is 55.0. The van der Waals surface area contributed by atoms with Crippen LogP contribution in [0.15, 0.2) is 24.3 Å². The smallest absolute Gasteiger partial charge is 0.306 e. The van der Waals surface area contributed by atoms with Crippen molar-refractivity contribution in [2.45, 2.75) is 393 Å². The minimum Gasteiger partial charge on any atom is -0.462 e. The van der Waals surface area contributed by atoms with Gasteiger partial charge in [-0.25, -0.2) is 0 Å². The Morgan fingerprint density at radius 2 is 0.474 bits per heavy atom. The predicted octanol–water partition coefficient (Wildman–Crippen LogP) is 23.4. The molecule has 0 aromatic carbocycles. The maximum Gasteiger partial charge on any atom is 0.306 e. The second kappa shape index (κ2) is 65.4. The highest BCUT2D eigenvalue weighted by Gasteiger charge is 2.19. The van der Waals surface area contributed by atoms with E-state index in [1.165, 1.54) is 276 Å². The molecule has 6 nitrogen and oxygen atoms in total. The number of carbonyl (C=O) groups is 3. The number of esters is 3. The third-order valence-corrected chi connectivity index (χ3v) is 15.7. The van der Waals surface area contributed by atoms with Crippen LogP contribution in [-0.4, -0.2) is 37.2 Å². The first-order valence-corrected chi connectivity index (χ1v) is 34.3. The summed E-state index contributed by atoms with van der Waals surface area (Å²) in [7, 11) is 0. The number of ether oxygens (including phenoxy) is 3. The maximum absolute atomic E-state index is 12.8. The minimum absolute atomic E-state index is 0.0650. The Balaban J connectivity index is 3.91. The first-order chi connectivity index (χ1) is 37.5. The molecule has 0 aliphatic heterocycles. The molecular formula is C70H132O6. The molecule has 0 aliphatic rings. The zero-order valence-corrected chi connectivity index (χ0v) is 51.6. The molecule has 0 spiro atoms. The molecule has 0 fully saturated rings. The molecule has 0 rings (SSSR count). The monoisotopic (exact) mass is 1070 g/mol. The van der Waals surface area contributed by atoms with Gasteiger partial charge in [-0.05, 0) is 51.4 Å². The SMILES string of the molecule is CCCCCCC/C=C\C/C=C\CCCCCCCCCCCCCCCCCCCCCC(=O)OCC(COC(=O)CCCCCCC)OC(=O)CCCCCCCCCCCCCCCCCCCCCCCC.